The summed E-state index contributed by atoms with van der Waals surface area (Å²) in [5.41, 5.74) is 0. The van der Waals surface area contributed by atoms with E-state index >= 15 is 0 Å². The van der Waals surface area contributed by atoms with Gasteiger partial charge in [-0.25, -0.2) is 16.8 Å². The van der Waals surface area contributed by atoms with Crippen LogP contribution in [0.3, 0.4) is 0 Å². The van der Waals surface area contributed by atoms with Gasteiger partial charge in [0.15, 0.2) is 7.14 Å². The SMILES string of the molecule is O=P(c1ccccc1)(c1ccccc1)C(S(=O)(=O)c1ccccc1)S(=O)(=O)c1ccccc1. The maximum atomic E-state index is 15.0. The van der Waals surface area contributed by atoms with Gasteiger partial charge in [0.05, 0.1) is 9.79 Å². The molecule has 168 valence electrons. The third kappa shape index (κ3) is 4.20. The van der Waals surface area contributed by atoms with Gasteiger partial charge in [-0.2, -0.15) is 0 Å². The van der Waals surface area contributed by atoms with E-state index in [0.717, 1.165) is 0 Å². The van der Waals surface area contributed by atoms with E-state index in [9.17, 15) is 21.4 Å². The molecule has 0 aromatic heterocycles. The average Bonchev–Trinajstić information content (AvgIpc) is 2.86. The molecule has 0 radical (unpaired) electrons. The summed E-state index contributed by atoms with van der Waals surface area (Å²) in [6.45, 7) is 0. The molecule has 0 N–H and O–H groups in total. The highest BCUT2D eigenvalue weighted by Gasteiger charge is 2.54. The highest BCUT2D eigenvalue weighted by atomic mass is 32.3. The Morgan fingerprint density at radius 2 is 0.727 bits per heavy atom. The molecule has 0 amide bonds. The van der Waals surface area contributed by atoms with E-state index in [0.29, 0.717) is 0 Å². The van der Waals surface area contributed by atoms with Crippen molar-refractivity contribution >= 4 is 37.4 Å². The number of benzene rings is 4. The first-order valence-electron chi connectivity index (χ1n) is 10.1. The number of rotatable bonds is 7. The first-order chi connectivity index (χ1) is 15.8. The van der Waals surface area contributed by atoms with E-state index in [1.165, 1.54) is 72.8 Å². The molecule has 0 saturated heterocycles. The third-order valence-electron chi connectivity index (χ3n) is 5.25. The normalized spacial score (nSPS) is 12.5. The van der Waals surface area contributed by atoms with Crippen LogP contribution >= 0.6 is 7.14 Å². The maximum absolute atomic E-state index is 15.0. The fraction of sp³-hybridized carbons (Fsp3) is 0.0400. The van der Waals surface area contributed by atoms with Crippen molar-refractivity contribution in [1.82, 2.24) is 0 Å². The lowest BCUT2D eigenvalue weighted by Crippen LogP contribution is -2.38. The zero-order chi connectivity index (χ0) is 23.5. The Morgan fingerprint density at radius 3 is 1.03 bits per heavy atom. The van der Waals surface area contributed by atoms with Crippen LogP contribution in [0.1, 0.15) is 0 Å². The molecule has 0 fully saturated rings. The van der Waals surface area contributed by atoms with Gasteiger partial charge >= 0.3 is 0 Å². The second-order valence-electron chi connectivity index (χ2n) is 7.35. The van der Waals surface area contributed by atoms with Crippen molar-refractivity contribution in [2.24, 2.45) is 0 Å². The molecule has 4 rings (SSSR count). The summed E-state index contributed by atoms with van der Waals surface area (Å²) in [6.07, 6.45) is 0. The van der Waals surface area contributed by atoms with Crippen molar-refractivity contribution in [2.75, 3.05) is 0 Å². The summed E-state index contributed by atoms with van der Waals surface area (Å²) in [5.74, 6) is 0. The monoisotopic (exact) mass is 496 g/mol. The molecule has 0 aliphatic carbocycles. The molecule has 0 heterocycles. The first kappa shape index (κ1) is 23.2. The van der Waals surface area contributed by atoms with Crippen LogP contribution in [0.2, 0.25) is 0 Å². The Bertz CT molecular complexity index is 1380. The largest absolute Gasteiger partial charge is 0.311 e. The molecule has 4 aromatic carbocycles. The molecule has 4 aromatic rings. The zero-order valence-electron chi connectivity index (χ0n) is 17.4. The van der Waals surface area contributed by atoms with Crippen molar-refractivity contribution in [3.05, 3.63) is 121 Å². The quantitative estimate of drug-likeness (QED) is 0.358. The van der Waals surface area contributed by atoms with Crippen molar-refractivity contribution < 1.29 is 21.4 Å². The van der Waals surface area contributed by atoms with Crippen LogP contribution < -0.4 is 10.6 Å². The van der Waals surface area contributed by atoms with Crippen LogP contribution in [0.5, 0.6) is 0 Å². The second-order valence-corrected chi connectivity index (χ2v) is 15.3. The Hall–Kier alpha value is -2.99. The van der Waals surface area contributed by atoms with Gasteiger partial charge in [0.25, 0.3) is 0 Å². The summed E-state index contributed by atoms with van der Waals surface area (Å²) < 4.78 is 68.7. The van der Waals surface area contributed by atoms with Crippen molar-refractivity contribution in [3.8, 4) is 0 Å². The lowest BCUT2D eigenvalue weighted by Gasteiger charge is -2.28. The average molecular weight is 497 g/mol. The molecule has 0 aliphatic rings. The molecule has 0 aliphatic heterocycles. The van der Waals surface area contributed by atoms with E-state index in [2.05, 4.69) is 0 Å². The van der Waals surface area contributed by atoms with Gasteiger partial charge in [-0.3, -0.25) is 0 Å². The van der Waals surface area contributed by atoms with E-state index < -0.39 is 31.1 Å². The van der Waals surface area contributed by atoms with Crippen LogP contribution in [0, 0.1) is 0 Å². The van der Waals surface area contributed by atoms with Crippen molar-refractivity contribution in [2.45, 2.75) is 14.1 Å². The van der Waals surface area contributed by atoms with Crippen LogP contribution in [-0.4, -0.2) is 21.2 Å². The second kappa shape index (κ2) is 9.10. The van der Waals surface area contributed by atoms with Gasteiger partial charge in [0.2, 0.25) is 24.0 Å². The standard InChI is InChI=1S/C25H21O5PS2/c26-31(21-13-5-1-6-14-21,22-15-7-2-8-16-22)25(32(27,28)23-17-9-3-10-18-23)33(29,30)24-19-11-4-12-20-24/h1-20,25H. The van der Waals surface area contributed by atoms with Gasteiger partial charge in [-0.1, -0.05) is 97.1 Å². The fourth-order valence-electron chi connectivity index (χ4n) is 3.70. The Balaban J connectivity index is 2.13. The number of hydrogen-bond acceptors (Lipinski definition) is 5. The molecule has 0 saturated carbocycles. The smallest absolute Gasteiger partial charge is 0.231 e. The number of sulfone groups is 2. The Kier molecular flexibility index (Phi) is 6.39. The topological polar surface area (TPSA) is 85.3 Å². The van der Waals surface area contributed by atoms with Crippen molar-refractivity contribution in [1.29, 1.82) is 0 Å². The van der Waals surface area contributed by atoms with Gasteiger partial charge in [-0.05, 0) is 24.3 Å². The summed E-state index contributed by atoms with van der Waals surface area (Å²) >= 11 is 0. The molecule has 8 heteroatoms. The predicted octanol–water partition coefficient (Wildman–Crippen LogP) is 4.23. The minimum Gasteiger partial charge on any atom is -0.311 e. The van der Waals surface area contributed by atoms with Gasteiger partial charge < -0.3 is 4.57 Å². The minimum absolute atomic E-state index is 0.153. The maximum Gasteiger partial charge on any atom is 0.231 e. The fourth-order valence-corrected chi connectivity index (χ4v) is 14.6. The molecule has 0 unspecified atom stereocenters. The molecule has 33 heavy (non-hydrogen) atoms. The molecular formula is C25H21O5PS2. The molecule has 0 atom stereocenters. The Morgan fingerprint density at radius 1 is 0.455 bits per heavy atom. The van der Waals surface area contributed by atoms with Crippen molar-refractivity contribution in [3.63, 3.8) is 0 Å². The number of hydrogen-bond donors (Lipinski definition) is 0. The molecule has 0 spiro atoms. The van der Waals surface area contributed by atoms with E-state index in [1.54, 1.807) is 48.5 Å². The minimum atomic E-state index is -4.61. The predicted molar refractivity (Wildman–Crippen MR) is 131 cm³/mol. The Labute approximate surface area is 194 Å². The van der Waals surface area contributed by atoms with Gasteiger partial charge in [0.1, 0.15) is 0 Å². The lowest BCUT2D eigenvalue weighted by molar-refractivity contribution is 0.572. The van der Waals surface area contributed by atoms with Gasteiger partial charge in [0, 0.05) is 10.6 Å². The van der Waals surface area contributed by atoms with Crippen LogP contribution in [-0.2, 0) is 24.2 Å². The third-order valence-corrected chi connectivity index (χ3v) is 15.9. The zero-order valence-corrected chi connectivity index (χ0v) is 20.0. The summed E-state index contributed by atoms with van der Waals surface area (Å²) in [4.78, 5) is -0.414. The summed E-state index contributed by atoms with van der Waals surface area (Å²) in [7, 11) is -13.5. The van der Waals surface area contributed by atoms with Crippen LogP contribution in [0.25, 0.3) is 0 Å². The van der Waals surface area contributed by atoms with E-state index in [-0.39, 0.29) is 20.4 Å². The molecular weight excluding hydrogens is 475 g/mol. The summed E-state index contributed by atoms with van der Waals surface area (Å²) in [6, 6.07) is 30.5. The molecule has 5 nitrogen and oxygen atoms in total. The summed E-state index contributed by atoms with van der Waals surface area (Å²) in [5, 5.41) is 0.306. The van der Waals surface area contributed by atoms with Crippen LogP contribution in [0.4, 0.5) is 0 Å². The van der Waals surface area contributed by atoms with E-state index in [1.807, 2.05) is 0 Å². The van der Waals surface area contributed by atoms with Gasteiger partial charge in [-0.15, -0.1) is 0 Å². The van der Waals surface area contributed by atoms with E-state index in [4.69, 9.17) is 0 Å². The first-order valence-corrected chi connectivity index (χ1v) is 14.9. The molecule has 0 bridgehead atoms. The highest BCUT2D eigenvalue weighted by Crippen LogP contribution is 2.55. The van der Waals surface area contributed by atoms with Crippen LogP contribution in [0.15, 0.2) is 131 Å². The highest BCUT2D eigenvalue weighted by molar-refractivity contribution is 8.20. The lowest BCUT2D eigenvalue weighted by atomic mass is 10.4.